The van der Waals surface area contributed by atoms with E-state index in [9.17, 15) is 0 Å². The highest BCUT2D eigenvalue weighted by Crippen LogP contribution is 2.25. The molecule has 1 saturated heterocycles. The Kier molecular flexibility index (Phi) is 7.87. The van der Waals surface area contributed by atoms with Gasteiger partial charge in [0.25, 0.3) is 0 Å². The van der Waals surface area contributed by atoms with Gasteiger partial charge in [0.05, 0.1) is 6.61 Å². The van der Waals surface area contributed by atoms with E-state index in [1.807, 2.05) is 0 Å². The summed E-state index contributed by atoms with van der Waals surface area (Å²) in [6.45, 7) is 11.3. The molecule has 1 aliphatic rings. The molecular formula is C19H31BrN2O. The fraction of sp³-hybridized carbons (Fsp3) is 0.684. The second-order valence-corrected chi connectivity index (χ2v) is 7.95. The number of likely N-dealkylation sites (N-methyl/N-ethyl adjacent to an activating group) is 1. The zero-order valence-electron chi connectivity index (χ0n) is 14.9. The second kappa shape index (κ2) is 9.65. The van der Waals surface area contributed by atoms with Crippen molar-refractivity contribution in [2.75, 3.05) is 46.4 Å². The Balaban J connectivity index is 1.81. The first-order valence-corrected chi connectivity index (χ1v) is 9.66. The highest BCUT2D eigenvalue weighted by molar-refractivity contribution is 9.10. The van der Waals surface area contributed by atoms with Crippen LogP contribution in [0, 0.1) is 5.92 Å². The van der Waals surface area contributed by atoms with Gasteiger partial charge in [-0.2, -0.15) is 0 Å². The van der Waals surface area contributed by atoms with E-state index in [0.717, 1.165) is 29.7 Å². The normalized spacial score (nSPS) is 16.9. The van der Waals surface area contributed by atoms with Gasteiger partial charge in [0.1, 0.15) is 5.75 Å². The molecule has 0 aromatic heterocycles. The largest absolute Gasteiger partial charge is 0.493 e. The van der Waals surface area contributed by atoms with Gasteiger partial charge in [-0.1, -0.05) is 29.8 Å². The van der Waals surface area contributed by atoms with Gasteiger partial charge < -0.3 is 14.5 Å². The molecule has 0 amide bonds. The third-order valence-electron chi connectivity index (χ3n) is 4.49. The van der Waals surface area contributed by atoms with E-state index < -0.39 is 0 Å². The van der Waals surface area contributed by atoms with Crippen LogP contribution in [0.5, 0.6) is 5.75 Å². The lowest BCUT2D eigenvalue weighted by Gasteiger charge is -2.32. The fourth-order valence-electron chi connectivity index (χ4n) is 2.85. The van der Waals surface area contributed by atoms with E-state index in [0.29, 0.717) is 5.92 Å². The molecule has 0 atom stereocenters. The number of rotatable bonds is 8. The summed E-state index contributed by atoms with van der Waals surface area (Å²) in [5, 5.41) is 0. The monoisotopic (exact) mass is 382 g/mol. The van der Waals surface area contributed by atoms with Gasteiger partial charge in [0.15, 0.2) is 0 Å². The van der Waals surface area contributed by atoms with Crippen LogP contribution in [0.15, 0.2) is 22.7 Å². The Morgan fingerprint density at radius 1 is 1.17 bits per heavy atom. The van der Waals surface area contributed by atoms with Crippen LogP contribution in [0.2, 0.25) is 0 Å². The molecule has 1 aromatic carbocycles. The van der Waals surface area contributed by atoms with Crippen LogP contribution in [0.1, 0.15) is 32.3 Å². The second-order valence-electron chi connectivity index (χ2n) is 7.03. The molecule has 0 aliphatic carbocycles. The van der Waals surface area contributed by atoms with E-state index >= 15 is 0 Å². The molecule has 0 unspecified atom stereocenters. The summed E-state index contributed by atoms with van der Waals surface area (Å²) >= 11 is 3.59. The van der Waals surface area contributed by atoms with Crippen molar-refractivity contribution >= 4 is 15.9 Å². The summed E-state index contributed by atoms with van der Waals surface area (Å²) in [5.74, 6) is 1.75. The molecular weight excluding hydrogens is 352 g/mol. The summed E-state index contributed by atoms with van der Waals surface area (Å²) in [7, 11) is 2.21. The summed E-state index contributed by atoms with van der Waals surface area (Å²) in [4.78, 5) is 4.99. The van der Waals surface area contributed by atoms with Gasteiger partial charge >= 0.3 is 0 Å². The van der Waals surface area contributed by atoms with Crippen molar-refractivity contribution in [1.82, 2.24) is 9.80 Å². The van der Waals surface area contributed by atoms with Crippen molar-refractivity contribution in [3.63, 3.8) is 0 Å². The number of piperazine rings is 1. The molecule has 1 fully saturated rings. The van der Waals surface area contributed by atoms with Crippen molar-refractivity contribution in [3.05, 3.63) is 28.2 Å². The highest BCUT2D eigenvalue weighted by atomic mass is 79.9. The van der Waals surface area contributed by atoms with Crippen LogP contribution in [-0.2, 0) is 6.42 Å². The maximum Gasteiger partial charge on any atom is 0.122 e. The standard InChI is InChI=1S/C19H31BrN2O/c1-16(2)8-14-23-19-7-6-18(20)15-17(19)5-4-9-22-12-10-21(3)11-13-22/h6-7,15-16H,4-5,8-14H2,1-3H3. The number of nitrogens with zero attached hydrogens (tertiary/aromatic N) is 2. The average Bonchev–Trinajstić information content (AvgIpc) is 2.51. The Morgan fingerprint density at radius 2 is 1.91 bits per heavy atom. The Hall–Kier alpha value is -0.580. The average molecular weight is 383 g/mol. The molecule has 1 aliphatic heterocycles. The zero-order valence-corrected chi connectivity index (χ0v) is 16.4. The molecule has 130 valence electrons. The molecule has 0 radical (unpaired) electrons. The summed E-state index contributed by atoms with van der Waals surface area (Å²) in [6, 6.07) is 6.40. The van der Waals surface area contributed by atoms with Crippen LogP contribution in [0.25, 0.3) is 0 Å². The van der Waals surface area contributed by atoms with E-state index in [4.69, 9.17) is 4.74 Å². The smallest absolute Gasteiger partial charge is 0.122 e. The van der Waals surface area contributed by atoms with Crippen molar-refractivity contribution in [1.29, 1.82) is 0 Å². The number of halogens is 1. The predicted octanol–water partition coefficient (Wildman–Crippen LogP) is 4.05. The lowest BCUT2D eigenvalue weighted by Crippen LogP contribution is -2.44. The van der Waals surface area contributed by atoms with E-state index in [-0.39, 0.29) is 0 Å². The third-order valence-corrected chi connectivity index (χ3v) is 4.98. The third kappa shape index (κ3) is 6.82. The maximum atomic E-state index is 6.02. The van der Waals surface area contributed by atoms with Gasteiger partial charge in [-0.25, -0.2) is 0 Å². The Morgan fingerprint density at radius 3 is 2.61 bits per heavy atom. The number of hydrogen-bond acceptors (Lipinski definition) is 3. The van der Waals surface area contributed by atoms with Gasteiger partial charge in [-0.15, -0.1) is 0 Å². The molecule has 4 heteroatoms. The molecule has 2 rings (SSSR count). The molecule has 0 bridgehead atoms. The van der Waals surface area contributed by atoms with Crippen LogP contribution in [0.3, 0.4) is 0 Å². The first-order valence-electron chi connectivity index (χ1n) is 8.86. The lowest BCUT2D eigenvalue weighted by atomic mass is 10.1. The minimum absolute atomic E-state index is 0.686. The van der Waals surface area contributed by atoms with Crippen LogP contribution >= 0.6 is 15.9 Å². The van der Waals surface area contributed by atoms with Gasteiger partial charge in [-0.3, -0.25) is 0 Å². The van der Waals surface area contributed by atoms with Crippen LogP contribution in [0.4, 0.5) is 0 Å². The van der Waals surface area contributed by atoms with Gasteiger partial charge in [-0.05, 0) is 62.5 Å². The number of hydrogen-bond donors (Lipinski definition) is 0. The molecule has 0 saturated carbocycles. The number of aryl methyl sites for hydroxylation is 1. The van der Waals surface area contributed by atoms with Gasteiger partial charge in [0, 0.05) is 30.7 Å². The molecule has 23 heavy (non-hydrogen) atoms. The zero-order chi connectivity index (χ0) is 16.7. The quantitative estimate of drug-likeness (QED) is 0.674. The molecule has 0 N–H and O–H groups in total. The maximum absolute atomic E-state index is 6.02. The van der Waals surface area contributed by atoms with E-state index in [2.05, 4.69) is 64.8 Å². The van der Waals surface area contributed by atoms with E-state index in [1.165, 1.54) is 44.7 Å². The first-order chi connectivity index (χ1) is 11.0. The van der Waals surface area contributed by atoms with Gasteiger partial charge in [0.2, 0.25) is 0 Å². The SMILES string of the molecule is CC(C)CCOc1ccc(Br)cc1CCCN1CCN(C)CC1. The predicted molar refractivity (Wildman–Crippen MR) is 101 cm³/mol. The Labute approximate surface area is 150 Å². The summed E-state index contributed by atoms with van der Waals surface area (Å²) in [6.07, 6.45) is 3.39. The topological polar surface area (TPSA) is 15.7 Å². The summed E-state index contributed by atoms with van der Waals surface area (Å²) in [5.41, 5.74) is 1.33. The molecule has 0 spiro atoms. The number of ether oxygens (including phenoxy) is 1. The Bertz CT molecular complexity index is 470. The van der Waals surface area contributed by atoms with E-state index in [1.54, 1.807) is 0 Å². The molecule has 1 aromatic rings. The lowest BCUT2D eigenvalue weighted by molar-refractivity contribution is 0.153. The van der Waals surface area contributed by atoms with Crippen molar-refractivity contribution in [2.45, 2.75) is 33.1 Å². The minimum atomic E-state index is 0.686. The van der Waals surface area contributed by atoms with Crippen LogP contribution < -0.4 is 4.74 Å². The molecule has 3 nitrogen and oxygen atoms in total. The first kappa shape index (κ1) is 18.8. The fourth-order valence-corrected chi connectivity index (χ4v) is 3.26. The highest BCUT2D eigenvalue weighted by Gasteiger charge is 2.13. The van der Waals surface area contributed by atoms with Crippen LogP contribution in [-0.4, -0.2) is 56.2 Å². The number of benzene rings is 1. The molecule has 1 heterocycles. The van der Waals surface area contributed by atoms with Crippen molar-refractivity contribution in [3.8, 4) is 5.75 Å². The minimum Gasteiger partial charge on any atom is -0.493 e. The van der Waals surface area contributed by atoms with Crippen molar-refractivity contribution < 1.29 is 4.74 Å². The summed E-state index contributed by atoms with van der Waals surface area (Å²) < 4.78 is 7.16. The van der Waals surface area contributed by atoms with Crippen molar-refractivity contribution in [2.24, 2.45) is 5.92 Å².